The van der Waals surface area contributed by atoms with Gasteiger partial charge in [0.1, 0.15) is 17.2 Å². The smallest absolute Gasteiger partial charge is 0.406 e. The van der Waals surface area contributed by atoms with Gasteiger partial charge in [-0.25, -0.2) is 9.97 Å². The summed E-state index contributed by atoms with van der Waals surface area (Å²) in [6.07, 6.45) is 0.822. The monoisotopic (exact) mass is 389 g/mol. The fraction of sp³-hybridized carbons (Fsp3) is 0.368. The minimum Gasteiger partial charge on any atom is -0.406 e. The highest BCUT2D eigenvalue weighted by Gasteiger charge is 2.52. The Kier molecular flexibility index (Phi) is 3.77. The van der Waals surface area contributed by atoms with Gasteiger partial charge in [0.2, 0.25) is 0 Å². The van der Waals surface area contributed by atoms with E-state index in [0.717, 1.165) is 18.9 Å². The zero-order valence-corrected chi connectivity index (χ0v) is 14.8. The first kappa shape index (κ1) is 17.3. The molecule has 6 nitrogen and oxygen atoms in total. The molecule has 2 aliphatic rings. The molecule has 28 heavy (non-hydrogen) atoms. The fourth-order valence-corrected chi connectivity index (χ4v) is 3.88. The summed E-state index contributed by atoms with van der Waals surface area (Å²) >= 11 is 0. The van der Waals surface area contributed by atoms with E-state index in [1.165, 1.54) is 31.2 Å². The highest BCUT2D eigenvalue weighted by Crippen LogP contribution is 2.51. The van der Waals surface area contributed by atoms with Crippen molar-refractivity contribution in [3.63, 3.8) is 0 Å². The standard InChI is InChI=1S/C19H18F3N5O/c20-19(21,22)28-12-4-7-27-14(9-24-17(27)8-12)13-2-1-3-16(25-13)26-15-10-23-11-18(15)5-6-18/h1-4,7-9,15,23H,5-6,10-11H2,(H,25,26)/t15-/m0/s1. The number of imidazole rings is 1. The van der Waals surface area contributed by atoms with Crippen molar-refractivity contribution in [2.75, 3.05) is 18.4 Å². The van der Waals surface area contributed by atoms with Gasteiger partial charge in [-0.15, -0.1) is 13.2 Å². The first-order valence-electron chi connectivity index (χ1n) is 9.10. The molecule has 0 amide bonds. The average Bonchev–Trinajstić information content (AvgIpc) is 3.14. The van der Waals surface area contributed by atoms with Crippen molar-refractivity contribution in [3.05, 3.63) is 42.7 Å². The Hall–Kier alpha value is -2.81. The molecule has 0 bridgehead atoms. The maximum absolute atomic E-state index is 12.4. The molecule has 0 unspecified atom stereocenters. The topological polar surface area (TPSA) is 63.5 Å². The van der Waals surface area contributed by atoms with Gasteiger partial charge >= 0.3 is 6.36 Å². The summed E-state index contributed by atoms with van der Waals surface area (Å²) in [4.78, 5) is 8.89. The minimum absolute atomic E-state index is 0.302. The van der Waals surface area contributed by atoms with Crippen LogP contribution < -0.4 is 15.4 Å². The number of aromatic nitrogens is 3. The molecule has 1 saturated carbocycles. The molecule has 1 aliphatic carbocycles. The van der Waals surface area contributed by atoms with Crippen molar-refractivity contribution in [1.29, 1.82) is 0 Å². The molecule has 1 saturated heterocycles. The van der Waals surface area contributed by atoms with E-state index in [-0.39, 0.29) is 5.75 Å². The number of nitrogens with one attached hydrogen (secondary N) is 2. The van der Waals surface area contributed by atoms with Crippen LogP contribution in [0.5, 0.6) is 5.75 Å². The van der Waals surface area contributed by atoms with E-state index in [0.29, 0.717) is 28.5 Å². The number of ether oxygens (including phenoxy) is 1. The summed E-state index contributed by atoms with van der Waals surface area (Å²) in [7, 11) is 0. The Labute approximate surface area is 158 Å². The van der Waals surface area contributed by atoms with E-state index < -0.39 is 6.36 Å². The van der Waals surface area contributed by atoms with Gasteiger partial charge in [-0.05, 0) is 31.0 Å². The third-order valence-electron chi connectivity index (χ3n) is 5.51. The van der Waals surface area contributed by atoms with Crippen LogP contribution in [0.25, 0.3) is 17.0 Å². The van der Waals surface area contributed by atoms with Gasteiger partial charge in [0.05, 0.1) is 17.6 Å². The van der Waals surface area contributed by atoms with Crippen LogP contribution in [-0.2, 0) is 0 Å². The van der Waals surface area contributed by atoms with E-state index >= 15 is 0 Å². The van der Waals surface area contributed by atoms with Crippen molar-refractivity contribution in [3.8, 4) is 17.1 Å². The van der Waals surface area contributed by atoms with Gasteiger partial charge in [0.25, 0.3) is 0 Å². The minimum atomic E-state index is -4.73. The first-order valence-corrected chi connectivity index (χ1v) is 9.10. The lowest BCUT2D eigenvalue weighted by Gasteiger charge is -2.19. The molecule has 3 aromatic rings. The first-order chi connectivity index (χ1) is 13.4. The van der Waals surface area contributed by atoms with Crippen molar-refractivity contribution in [2.24, 2.45) is 5.41 Å². The molecule has 1 atom stereocenters. The van der Waals surface area contributed by atoms with Crippen LogP contribution in [0.4, 0.5) is 19.0 Å². The molecule has 1 aliphatic heterocycles. The van der Waals surface area contributed by atoms with Gasteiger partial charge in [0.15, 0.2) is 0 Å². The summed E-state index contributed by atoms with van der Waals surface area (Å²) in [6.45, 7) is 1.96. The summed E-state index contributed by atoms with van der Waals surface area (Å²) in [6, 6.07) is 8.56. The van der Waals surface area contributed by atoms with Crippen molar-refractivity contribution in [2.45, 2.75) is 25.2 Å². The summed E-state index contributed by atoms with van der Waals surface area (Å²) < 4.78 is 42.9. The Morgan fingerprint density at radius 3 is 2.89 bits per heavy atom. The zero-order chi connectivity index (χ0) is 19.4. The van der Waals surface area contributed by atoms with E-state index in [9.17, 15) is 13.2 Å². The van der Waals surface area contributed by atoms with Crippen LogP contribution in [0.15, 0.2) is 42.7 Å². The Morgan fingerprint density at radius 1 is 1.25 bits per heavy atom. The molecule has 2 N–H and O–H groups in total. The number of fused-ring (bicyclic) bond motifs is 1. The van der Waals surface area contributed by atoms with Gasteiger partial charge < -0.3 is 15.4 Å². The molecule has 9 heteroatoms. The molecule has 2 fully saturated rings. The molecular formula is C19H18F3N5O. The second-order valence-electron chi connectivity index (χ2n) is 7.38. The number of alkyl halides is 3. The number of hydrogen-bond acceptors (Lipinski definition) is 5. The van der Waals surface area contributed by atoms with Crippen molar-refractivity contribution in [1.82, 2.24) is 19.7 Å². The van der Waals surface area contributed by atoms with Gasteiger partial charge in [-0.3, -0.25) is 4.40 Å². The van der Waals surface area contributed by atoms with Crippen LogP contribution in [-0.4, -0.2) is 39.9 Å². The number of nitrogens with zero attached hydrogens (tertiary/aromatic N) is 3. The fourth-order valence-electron chi connectivity index (χ4n) is 3.88. The average molecular weight is 389 g/mol. The van der Waals surface area contributed by atoms with Crippen LogP contribution in [0.1, 0.15) is 12.8 Å². The number of halogens is 3. The third-order valence-corrected chi connectivity index (χ3v) is 5.51. The van der Waals surface area contributed by atoms with Crippen molar-refractivity contribution < 1.29 is 17.9 Å². The van der Waals surface area contributed by atoms with Gasteiger partial charge in [0, 0.05) is 36.8 Å². The second-order valence-corrected chi connectivity index (χ2v) is 7.38. The number of pyridine rings is 2. The lowest BCUT2D eigenvalue weighted by Crippen LogP contribution is -2.29. The van der Waals surface area contributed by atoms with Gasteiger partial charge in [-0.2, -0.15) is 0 Å². The maximum atomic E-state index is 12.4. The summed E-state index contributed by atoms with van der Waals surface area (Å²) in [5.41, 5.74) is 2.10. The normalized spacial score (nSPS) is 20.6. The van der Waals surface area contributed by atoms with E-state index in [2.05, 4.69) is 20.4 Å². The highest BCUT2D eigenvalue weighted by molar-refractivity contribution is 5.63. The molecule has 3 aromatic heterocycles. The lowest BCUT2D eigenvalue weighted by atomic mass is 10.0. The predicted molar refractivity (Wildman–Crippen MR) is 97.1 cm³/mol. The molecule has 146 valence electrons. The molecular weight excluding hydrogens is 371 g/mol. The molecule has 4 heterocycles. The summed E-state index contributed by atoms with van der Waals surface area (Å²) in [5.74, 6) is 0.480. The van der Waals surface area contributed by atoms with E-state index in [1.807, 2.05) is 18.2 Å². The number of anilines is 1. The van der Waals surface area contributed by atoms with Crippen LogP contribution in [0.2, 0.25) is 0 Å². The largest absolute Gasteiger partial charge is 0.573 e. The molecule has 5 rings (SSSR count). The van der Waals surface area contributed by atoms with Crippen LogP contribution in [0.3, 0.4) is 0 Å². The molecule has 1 spiro atoms. The Bertz CT molecular complexity index is 1030. The maximum Gasteiger partial charge on any atom is 0.573 e. The lowest BCUT2D eigenvalue weighted by molar-refractivity contribution is -0.274. The molecule has 0 aromatic carbocycles. The predicted octanol–water partition coefficient (Wildman–Crippen LogP) is 3.46. The van der Waals surface area contributed by atoms with E-state index in [1.54, 1.807) is 10.6 Å². The van der Waals surface area contributed by atoms with Crippen LogP contribution >= 0.6 is 0 Å². The van der Waals surface area contributed by atoms with E-state index in [4.69, 9.17) is 4.98 Å². The Morgan fingerprint density at radius 2 is 2.11 bits per heavy atom. The second kappa shape index (κ2) is 6.10. The van der Waals surface area contributed by atoms with Gasteiger partial charge in [-0.1, -0.05) is 6.07 Å². The van der Waals surface area contributed by atoms with Crippen molar-refractivity contribution >= 4 is 11.5 Å². The third kappa shape index (κ3) is 3.15. The summed E-state index contributed by atoms with van der Waals surface area (Å²) in [5, 5.41) is 6.97. The Balaban J connectivity index is 1.42. The number of rotatable bonds is 4. The highest BCUT2D eigenvalue weighted by atomic mass is 19.4. The SMILES string of the molecule is FC(F)(F)Oc1ccn2c(-c3cccc(N[C@H]4CNCC45CC5)n3)cnc2c1. The number of hydrogen-bond donors (Lipinski definition) is 2. The molecule has 0 radical (unpaired) electrons. The quantitative estimate of drug-likeness (QED) is 0.716. The van der Waals surface area contributed by atoms with Crippen LogP contribution in [0, 0.1) is 5.41 Å². The zero-order valence-electron chi connectivity index (χ0n) is 14.8.